The summed E-state index contributed by atoms with van der Waals surface area (Å²) in [6, 6.07) is 5.23. The van der Waals surface area contributed by atoms with E-state index in [1.807, 2.05) is 6.07 Å². The number of ether oxygens (including phenoxy) is 1. The Morgan fingerprint density at radius 1 is 0.872 bits per heavy atom. The van der Waals surface area contributed by atoms with E-state index in [0.717, 1.165) is 36.2 Å². The number of hydrogen-bond acceptors (Lipinski definition) is 1. The second-order valence-corrected chi connectivity index (χ2v) is 12.6. The fourth-order valence-corrected chi connectivity index (χ4v) is 7.52. The van der Waals surface area contributed by atoms with Gasteiger partial charge in [-0.25, -0.2) is 8.78 Å². The quantitative estimate of drug-likeness (QED) is 0.206. The summed E-state index contributed by atoms with van der Waals surface area (Å²) < 4.78 is 72.4. The highest BCUT2D eigenvalue weighted by atomic mass is 19.4. The largest absolute Gasteiger partial charge is 0.412 e. The maximum atomic E-state index is 15.0. The summed E-state index contributed by atoms with van der Waals surface area (Å²) >= 11 is 0. The molecule has 0 radical (unpaired) electrons. The summed E-state index contributed by atoms with van der Waals surface area (Å²) in [5, 5.41) is 0. The number of unbranched alkanes of at least 4 members (excludes halogenated alkanes) is 2. The molecule has 0 atom stereocenters. The highest BCUT2D eigenvalue weighted by Crippen LogP contribution is 2.43. The lowest BCUT2D eigenvalue weighted by Crippen LogP contribution is -2.28. The molecule has 0 aromatic heterocycles. The molecule has 1 nitrogen and oxygen atoms in total. The molecule has 1 aromatic rings. The molecule has 0 spiro atoms. The van der Waals surface area contributed by atoms with E-state index >= 15 is 0 Å². The van der Waals surface area contributed by atoms with E-state index in [2.05, 4.69) is 6.92 Å². The fourth-order valence-electron chi connectivity index (χ4n) is 7.52. The third-order valence-corrected chi connectivity index (χ3v) is 9.90. The third kappa shape index (κ3) is 9.30. The molecule has 0 N–H and O–H groups in total. The normalized spacial score (nSPS) is 30.9. The van der Waals surface area contributed by atoms with Gasteiger partial charge in [-0.05, 0) is 105 Å². The summed E-state index contributed by atoms with van der Waals surface area (Å²) in [7, 11) is 0. The summed E-state index contributed by atoms with van der Waals surface area (Å²) in [6.07, 6.45) is 12.7. The Labute approximate surface area is 232 Å². The van der Waals surface area contributed by atoms with Gasteiger partial charge in [0.1, 0.15) is 11.6 Å². The van der Waals surface area contributed by atoms with Gasteiger partial charge in [-0.15, -0.1) is 0 Å². The van der Waals surface area contributed by atoms with Crippen molar-refractivity contribution in [2.24, 2.45) is 23.7 Å². The number of rotatable bonds is 10. The van der Waals surface area contributed by atoms with Crippen molar-refractivity contribution in [1.82, 2.24) is 0 Å². The molecule has 4 rings (SSSR count). The summed E-state index contributed by atoms with van der Waals surface area (Å²) in [5.41, 5.74) is 1.39. The third-order valence-electron chi connectivity index (χ3n) is 9.90. The first-order valence-electron chi connectivity index (χ1n) is 15.6. The average molecular weight is 555 g/mol. The lowest BCUT2D eigenvalue weighted by Gasteiger charge is -2.38. The number of allylic oxidation sites excluding steroid dienone is 2. The van der Waals surface area contributed by atoms with Crippen molar-refractivity contribution in [2.75, 3.05) is 0 Å². The Morgan fingerprint density at radius 2 is 1.51 bits per heavy atom. The molecule has 39 heavy (non-hydrogen) atoms. The van der Waals surface area contributed by atoms with Gasteiger partial charge in [0.05, 0.1) is 18.8 Å². The molecule has 3 aliphatic rings. The zero-order valence-electron chi connectivity index (χ0n) is 23.6. The van der Waals surface area contributed by atoms with Crippen LogP contribution in [0.1, 0.15) is 127 Å². The molecular formula is C33H47F5O. The minimum absolute atomic E-state index is 0.0865. The molecule has 0 aliphatic heterocycles. The minimum atomic E-state index is -4.64. The van der Waals surface area contributed by atoms with Crippen molar-refractivity contribution in [3.05, 3.63) is 47.0 Å². The molecule has 0 unspecified atom stereocenters. The van der Waals surface area contributed by atoms with Crippen LogP contribution < -0.4 is 0 Å². The Morgan fingerprint density at radius 3 is 2.10 bits per heavy atom. The van der Waals surface area contributed by atoms with Crippen molar-refractivity contribution < 1.29 is 26.7 Å². The van der Waals surface area contributed by atoms with Gasteiger partial charge in [0.15, 0.2) is 0 Å². The van der Waals surface area contributed by atoms with Crippen LogP contribution >= 0.6 is 0 Å². The van der Waals surface area contributed by atoms with Gasteiger partial charge in [0.25, 0.3) is 0 Å². The van der Waals surface area contributed by atoms with E-state index in [4.69, 9.17) is 4.74 Å². The van der Waals surface area contributed by atoms with Crippen molar-refractivity contribution in [2.45, 2.75) is 134 Å². The predicted octanol–water partition coefficient (Wildman–Crippen LogP) is 11.0. The van der Waals surface area contributed by atoms with Crippen LogP contribution in [0.25, 0.3) is 0 Å². The minimum Gasteiger partial charge on any atom is -0.374 e. The van der Waals surface area contributed by atoms with Gasteiger partial charge >= 0.3 is 6.18 Å². The van der Waals surface area contributed by atoms with Crippen molar-refractivity contribution in [3.8, 4) is 0 Å². The molecular weight excluding hydrogens is 507 g/mol. The van der Waals surface area contributed by atoms with E-state index in [9.17, 15) is 22.0 Å². The van der Waals surface area contributed by atoms with Gasteiger partial charge in [-0.2, -0.15) is 13.2 Å². The van der Waals surface area contributed by atoms with Crippen molar-refractivity contribution in [3.63, 3.8) is 0 Å². The van der Waals surface area contributed by atoms with Crippen molar-refractivity contribution in [1.29, 1.82) is 0 Å². The van der Waals surface area contributed by atoms with E-state index in [1.165, 1.54) is 70.3 Å². The van der Waals surface area contributed by atoms with Gasteiger partial charge in [0, 0.05) is 5.92 Å². The maximum Gasteiger partial charge on any atom is 0.412 e. The number of alkyl halides is 3. The van der Waals surface area contributed by atoms with Gasteiger partial charge in [-0.1, -0.05) is 57.6 Å². The fraction of sp³-hybridized carbons (Fsp3) is 0.758. The van der Waals surface area contributed by atoms with E-state index < -0.39 is 17.9 Å². The lowest BCUT2D eigenvalue weighted by molar-refractivity contribution is -0.0820. The molecule has 6 heteroatoms. The second-order valence-electron chi connectivity index (χ2n) is 12.6. The molecule has 3 aliphatic carbocycles. The first kappa shape index (κ1) is 30.5. The molecule has 1 aromatic carbocycles. The topological polar surface area (TPSA) is 9.23 Å². The zero-order valence-corrected chi connectivity index (χ0v) is 23.6. The first-order valence-corrected chi connectivity index (χ1v) is 15.6. The number of benzene rings is 1. The summed E-state index contributed by atoms with van der Waals surface area (Å²) in [4.78, 5) is 0. The van der Waals surface area contributed by atoms with Crippen LogP contribution in [-0.2, 0) is 11.3 Å². The Kier molecular flexibility index (Phi) is 11.3. The van der Waals surface area contributed by atoms with Crippen LogP contribution in [0.2, 0.25) is 0 Å². The molecule has 0 saturated heterocycles. The Hall–Kier alpha value is -1.43. The van der Waals surface area contributed by atoms with Crippen LogP contribution in [-0.4, -0.2) is 12.3 Å². The summed E-state index contributed by atoms with van der Waals surface area (Å²) in [6.45, 7) is 2.67. The second kappa shape index (κ2) is 14.5. The molecule has 3 fully saturated rings. The molecule has 0 amide bonds. The van der Waals surface area contributed by atoms with Gasteiger partial charge in [0.2, 0.25) is 0 Å². The van der Waals surface area contributed by atoms with Crippen LogP contribution in [0.4, 0.5) is 22.0 Å². The van der Waals surface area contributed by atoms with Crippen LogP contribution in [0.3, 0.4) is 0 Å². The number of halogens is 5. The van der Waals surface area contributed by atoms with E-state index in [-0.39, 0.29) is 23.9 Å². The van der Waals surface area contributed by atoms with Crippen LogP contribution in [0.5, 0.6) is 0 Å². The van der Waals surface area contributed by atoms with Crippen LogP contribution in [0, 0.1) is 29.5 Å². The maximum absolute atomic E-state index is 15.0. The first-order chi connectivity index (χ1) is 18.7. The molecule has 0 heterocycles. The lowest BCUT2D eigenvalue weighted by atomic mass is 9.70. The molecule has 3 saturated carbocycles. The van der Waals surface area contributed by atoms with E-state index in [0.29, 0.717) is 37.9 Å². The molecule has 0 bridgehead atoms. The predicted molar refractivity (Wildman–Crippen MR) is 146 cm³/mol. The Bertz CT molecular complexity index is 901. The zero-order chi connectivity index (χ0) is 27.8. The Balaban J connectivity index is 1.16. The standard InChI is InChI=1S/C33H47F5O/c1-2-3-4-5-23-6-9-25(10-7-23)26-15-17-29(18-16-26)39-22-24-8-19-30(31(34)20-24)27-11-13-28(14-12-27)32(35)21-33(36,37)38/h8,19-21,23,25-29H,2-7,9-18,22H2,1H3/b32-21-. The monoisotopic (exact) mass is 554 g/mol. The average Bonchev–Trinajstić information content (AvgIpc) is 2.92. The van der Waals surface area contributed by atoms with Crippen LogP contribution in [0.15, 0.2) is 30.1 Å². The van der Waals surface area contributed by atoms with Gasteiger partial charge < -0.3 is 4.74 Å². The highest BCUT2D eigenvalue weighted by molar-refractivity contribution is 5.27. The SMILES string of the molecule is CCCCCC1CCC(C2CCC(OCc3ccc(C4CCC(/C(F)=C/C(F)(F)F)CC4)c(F)c3)CC2)CC1. The smallest absolute Gasteiger partial charge is 0.374 e. The molecule has 220 valence electrons. The van der Waals surface area contributed by atoms with E-state index in [1.54, 1.807) is 6.07 Å². The van der Waals surface area contributed by atoms with Gasteiger partial charge in [-0.3, -0.25) is 0 Å². The highest BCUT2D eigenvalue weighted by Gasteiger charge is 2.32. The summed E-state index contributed by atoms with van der Waals surface area (Å²) in [5.74, 6) is 0.481. The number of hydrogen-bond donors (Lipinski definition) is 0. The van der Waals surface area contributed by atoms with Crippen molar-refractivity contribution >= 4 is 0 Å².